The van der Waals surface area contributed by atoms with Crippen LogP contribution in [0, 0.1) is 0 Å². The SMILES string of the molecule is O=S(=O)(O)c1ccc(COS(=O)(=O)C(F)(F)F)cc1. The first-order valence-electron chi connectivity index (χ1n) is 4.45. The van der Waals surface area contributed by atoms with Crippen molar-refractivity contribution in [3.63, 3.8) is 0 Å². The Morgan fingerprint density at radius 1 is 1.05 bits per heavy atom. The van der Waals surface area contributed by atoms with Crippen LogP contribution in [0.15, 0.2) is 29.2 Å². The summed E-state index contributed by atoms with van der Waals surface area (Å²) in [6.45, 7) is -0.909. The van der Waals surface area contributed by atoms with Crippen molar-refractivity contribution in [3.8, 4) is 0 Å². The normalized spacial score (nSPS) is 13.5. The summed E-state index contributed by atoms with van der Waals surface area (Å²) in [4.78, 5) is -0.477. The van der Waals surface area contributed by atoms with Crippen molar-refractivity contribution < 1.29 is 38.7 Å². The summed E-state index contributed by atoms with van der Waals surface area (Å²) in [7, 11) is -10.1. The van der Waals surface area contributed by atoms with Crippen LogP contribution in [0.25, 0.3) is 0 Å². The lowest BCUT2D eigenvalue weighted by molar-refractivity contribution is -0.0547. The third-order valence-electron chi connectivity index (χ3n) is 1.89. The Bertz CT molecular complexity index is 645. The second-order valence-corrected chi connectivity index (χ2v) is 6.31. The summed E-state index contributed by atoms with van der Waals surface area (Å²) in [6.07, 6.45) is 0. The Labute approximate surface area is 106 Å². The molecule has 0 spiro atoms. The smallest absolute Gasteiger partial charge is 0.282 e. The fourth-order valence-corrected chi connectivity index (χ4v) is 1.87. The molecule has 0 saturated heterocycles. The molecule has 11 heteroatoms. The van der Waals surface area contributed by atoms with Gasteiger partial charge in [0.1, 0.15) is 0 Å². The van der Waals surface area contributed by atoms with E-state index in [9.17, 15) is 30.0 Å². The molecule has 0 aliphatic heterocycles. The minimum atomic E-state index is -5.70. The zero-order valence-corrected chi connectivity index (χ0v) is 10.6. The largest absolute Gasteiger partial charge is 0.523 e. The molecule has 0 atom stereocenters. The van der Waals surface area contributed by atoms with Crippen LogP contribution in [0.2, 0.25) is 0 Å². The quantitative estimate of drug-likeness (QED) is 0.510. The fourth-order valence-electron chi connectivity index (χ4n) is 0.970. The average Bonchev–Trinajstić information content (AvgIpc) is 2.24. The minimum Gasteiger partial charge on any atom is -0.282 e. The standard InChI is InChI=1S/C8H7F3O6S2/c9-8(10,11)19(15,16)17-5-6-1-3-7(4-2-6)18(12,13)14/h1-4H,5H2,(H,12,13,14). The number of halogens is 3. The van der Waals surface area contributed by atoms with Crippen molar-refractivity contribution in [2.24, 2.45) is 0 Å². The maximum absolute atomic E-state index is 11.9. The lowest BCUT2D eigenvalue weighted by atomic mass is 10.2. The summed E-state index contributed by atoms with van der Waals surface area (Å²) in [5.74, 6) is 0. The highest BCUT2D eigenvalue weighted by atomic mass is 32.2. The Morgan fingerprint density at radius 2 is 1.53 bits per heavy atom. The van der Waals surface area contributed by atoms with E-state index >= 15 is 0 Å². The van der Waals surface area contributed by atoms with E-state index in [4.69, 9.17) is 4.55 Å². The van der Waals surface area contributed by atoms with Gasteiger partial charge >= 0.3 is 15.6 Å². The van der Waals surface area contributed by atoms with Crippen LogP contribution >= 0.6 is 0 Å². The summed E-state index contributed by atoms with van der Waals surface area (Å²) in [5.41, 5.74) is -5.54. The Morgan fingerprint density at radius 3 is 1.89 bits per heavy atom. The van der Waals surface area contributed by atoms with E-state index in [1.165, 1.54) is 0 Å². The van der Waals surface area contributed by atoms with Gasteiger partial charge in [0, 0.05) is 0 Å². The third-order valence-corrected chi connectivity index (χ3v) is 3.75. The maximum atomic E-state index is 11.9. The Hall–Kier alpha value is -1.17. The minimum absolute atomic E-state index is 0.0137. The van der Waals surface area contributed by atoms with E-state index in [1.54, 1.807) is 0 Å². The molecule has 0 fully saturated rings. The van der Waals surface area contributed by atoms with Gasteiger partial charge < -0.3 is 0 Å². The Kier molecular flexibility index (Phi) is 4.24. The van der Waals surface area contributed by atoms with Crippen molar-refractivity contribution in [1.29, 1.82) is 0 Å². The predicted octanol–water partition coefficient (Wildman–Crippen LogP) is 1.30. The molecule has 0 amide bonds. The molecule has 6 nitrogen and oxygen atoms in total. The lowest BCUT2D eigenvalue weighted by Crippen LogP contribution is -2.25. The van der Waals surface area contributed by atoms with Gasteiger partial charge in [0.05, 0.1) is 11.5 Å². The number of rotatable bonds is 4. The molecule has 0 heterocycles. The van der Waals surface area contributed by atoms with Gasteiger partial charge in [-0.1, -0.05) is 12.1 Å². The molecule has 108 valence electrons. The third kappa shape index (κ3) is 4.16. The molecule has 0 bridgehead atoms. The molecule has 1 rings (SSSR count). The van der Waals surface area contributed by atoms with Gasteiger partial charge in [0.25, 0.3) is 10.1 Å². The van der Waals surface area contributed by atoms with Gasteiger partial charge in [-0.3, -0.25) is 8.74 Å². The first kappa shape index (κ1) is 15.9. The maximum Gasteiger partial charge on any atom is 0.523 e. The average molecular weight is 320 g/mol. The van der Waals surface area contributed by atoms with Crippen molar-refractivity contribution >= 4 is 20.2 Å². The van der Waals surface area contributed by atoms with Crippen molar-refractivity contribution in [2.45, 2.75) is 17.0 Å². The van der Waals surface area contributed by atoms with E-state index in [0.29, 0.717) is 0 Å². The van der Waals surface area contributed by atoms with Crippen LogP contribution in [-0.4, -0.2) is 26.9 Å². The summed E-state index contributed by atoms with van der Waals surface area (Å²) < 4.78 is 90.7. The van der Waals surface area contributed by atoms with E-state index in [2.05, 4.69) is 4.18 Å². The van der Waals surface area contributed by atoms with E-state index < -0.39 is 37.2 Å². The highest BCUT2D eigenvalue weighted by Gasteiger charge is 2.47. The molecule has 0 aliphatic rings. The number of alkyl halides is 3. The van der Waals surface area contributed by atoms with Gasteiger partial charge in [-0.25, -0.2) is 0 Å². The monoisotopic (exact) mass is 320 g/mol. The molecular formula is C8H7F3O6S2. The highest BCUT2D eigenvalue weighted by Crippen LogP contribution is 2.25. The van der Waals surface area contributed by atoms with Gasteiger partial charge in [-0.2, -0.15) is 30.0 Å². The summed E-state index contributed by atoms with van der Waals surface area (Å²) >= 11 is 0. The number of hydrogen-bond acceptors (Lipinski definition) is 5. The van der Waals surface area contributed by atoms with Crippen LogP contribution in [0.5, 0.6) is 0 Å². The van der Waals surface area contributed by atoms with Gasteiger partial charge in [-0.15, -0.1) is 0 Å². The zero-order valence-electron chi connectivity index (χ0n) is 8.96. The fraction of sp³-hybridized carbons (Fsp3) is 0.250. The van der Waals surface area contributed by atoms with Crippen LogP contribution in [0.4, 0.5) is 13.2 Å². The van der Waals surface area contributed by atoms with Crippen LogP contribution in [0.3, 0.4) is 0 Å². The summed E-state index contributed by atoms with van der Waals surface area (Å²) in [6, 6.07) is 3.81. The molecule has 1 N–H and O–H groups in total. The lowest BCUT2D eigenvalue weighted by Gasteiger charge is -2.08. The second kappa shape index (κ2) is 5.07. The molecule has 0 unspecified atom stereocenters. The molecular weight excluding hydrogens is 313 g/mol. The van der Waals surface area contributed by atoms with Crippen LogP contribution in [0.1, 0.15) is 5.56 Å². The van der Waals surface area contributed by atoms with Crippen molar-refractivity contribution in [1.82, 2.24) is 0 Å². The molecule has 0 aromatic heterocycles. The van der Waals surface area contributed by atoms with Gasteiger partial charge in [0.2, 0.25) is 0 Å². The van der Waals surface area contributed by atoms with Crippen molar-refractivity contribution in [3.05, 3.63) is 29.8 Å². The predicted molar refractivity (Wildman–Crippen MR) is 56.0 cm³/mol. The van der Waals surface area contributed by atoms with Crippen LogP contribution in [-0.2, 0) is 31.0 Å². The number of benzene rings is 1. The van der Waals surface area contributed by atoms with E-state index in [0.717, 1.165) is 24.3 Å². The van der Waals surface area contributed by atoms with E-state index in [-0.39, 0.29) is 5.56 Å². The van der Waals surface area contributed by atoms with Gasteiger partial charge in [0.15, 0.2) is 0 Å². The second-order valence-electron chi connectivity index (χ2n) is 3.28. The molecule has 1 aromatic carbocycles. The van der Waals surface area contributed by atoms with Crippen molar-refractivity contribution in [2.75, 3.05) is 0 Å². The van der Waals surface area contributed by atoms with E-state index in [1.807, 2.05) is 0 Å². The Balaban J connectivity index is 2.82. The highest BCUT2D eigenvalue weighted by molar-refractivity contribution is 7.87. The van der Waals surface area contributed by atoms with Gasteiger partial charge in [-0.05, 0) is 17.7 Å². The molecule has 19 heavy (non-hydrogen) atoms. The first-order chi connectivity index (χ1) is 8.43. The molecule has 1 aromatic rings. The zero-order chi connectivity index (χ0) is 14.9. The molecule has 0 saturated carbocycles. The number of hydrogen-bond donors (Lipinski definition) is 1. The summed E-state index contributed by atoms with van der Waals surface area (Å²) in [5, 5.41) is 0. The molecule has 0 radical (unpaired) electrons. The molecule has 0 aliphatic carbocycles. The van der Waals surface area contributed by atoms with Crippen LogP contribution < -0.4 is 0 Å². The first-order valence-corrected chi connectivity index (χ1v) is 7.30. The topological polar surface area (TPSA) is 97.7 Å².